The molecule has 4 heteroatoms. The molecule has 0 saturated carbocycles. The average Bonchev–Trinajstić information content (AvgIpc) is 2.65. The van der Waals surface area contributed by atoms with Crippen LogP contribution < -0.4 is 4.90 Å². The summed E-state index contributed by atoms with van der Waals surface area (Å²) in [4.78, 5) is 18.8. The van der Waals surface area contributed by atoms with Gasteiger partial charge < -0.3 is 4.74 Å². The molecule has 2 aromatic carbocycles. The fourth-order valence-corrected chi connectivity index (χ4v) is 2.20. The number of nitrogens with zero attached hydrogens (tertiary/aromatic N) is 2. The van der Waals surface area contributed by atoms with E-state index >= 15 is 0 Å². The predicted octanol–water partition coefficient (Wildman–Crippen LogP) is 3.02. The minimum absolute atomic E-state index is 0.0670. The summed E-state index contributed by atoms with van der Waals surface area (Å²) in [6.07, 6.45) is 0. The summed E-state index contributed by atoms with van der Waals surface area (Å²) in [6, 6.07) is 16.8. The van der Waals surface area contributed by atoms with Gasteiger partial charge in [0.1, 0.15) is 6.54 Å². The first-order valence-corrected chi connectivity index (χ1v) is 6.37. The molecule has 2 aromatic rings. The van der Waals surface area contributed by atoms with Crippen LogP contribution in [0.4, 0.5) is 11.4 Å². The SMILES string of the molecule is COC1=Nc2ccccc2C(=O)N(c2ccccc2)C1. The average molecular weight is 266 g/mol. The van der Waals surface area contributed by atoms with E-state index in [2.05, 4.69) is 4.99 Å². The fourth-order valence-electron chi connectivity index (χ4n) is 2.20. The summed E-state index contributed by atoms with van der Waals surface area (Å²) in [5.74, 6) is 0.453. The maximum atomic E-state index is 12.7. The van der Waals surface area contributed by atoms with Crippen molar-refractivity contribution in [2.24, 2.45) is 4.99 Å². The summed E-state index contributed by atoms with van der Waals surface area (Å²) >= 11 is 0. The van der Waals surface area contributed by atoms with Crippen molar-refractivity contribution in [1.29, 1.82) is 0 Å². The number of methoxy groups -OCH3 is 1. The van der Waals surface area contributed by atoms with Crippen LogP contribution in [0.5, 0.6) is 0 Å². The van der Waals surface area contributed by atoms with Crippen LogP contribution in [0.1, 0.15) is 10.4 Å². The quantitative estimate of drug-likeness (QED) is 0.796. The Balaban J connectivity index is 2.11. The van der Waals surface area contributed by atoms with E-state index in [9.17, 15) is 4.79 Å². The van der Waals surface area contributed by atoms with Crippen molar-refractivity contribution in [2.75, 3.05) is 18.6 Å². The van der Waals surface area contributed by atoms with Gasteiger partial charge in [0.05, 0.1) is 18.4 Å². The molecule has 0 aromatic heterocycles. The summed E-state index contributed by atoms with van der Waals surface area (Å²) < 4.78 is 5.28. The highest BCUT2D eigenvalue weighted by Crippen LogP contribution is 2.26. The Hall–Kier alpha value is -2.62. The van der Waals surface area contributed by atoms with E-state index in [1.165, 1.54) is 0 Å². The smallest absolute Gasteiger partial charge is 0.260 e. The van der Waals surface area contributed by atoms with Gasteiger partial charge in [0, 0.05) is 5.69 Å². The summed E-state index contributed by atoms with van der Waals surface area (Å²) in [5, 5.41) is 0. The molecule has 0 fully saturated rings. The zero-order valence-electron chi connectivity index (χ0n) is 11.1. The number of fused-ring (bicyclic) bond motifs is 1. The topological polar surface area (TPSA) is 41.9 Å². The molecule has 1 heterocycles. The lowest BCUT2D eigenvalue weighted by Crippen LogP contribution is -2.34. The van der Waals surface area contributed by atoms with Crippen LogP contribution in [-0.2, 0) is 4.74 Å². The third-order valence-electron chi connectivity index (χ3n) is 3.22. The molecule has 4 nitrogen and oxygen atoms in total. The van der Waals surface area contributed by atoms with E-state index in [-0.39, 0.29) is 5.91 Å². The Morgan fingerprint density at radius 2 is 1.75 bits per heavy atom. The van der Waals surface area contributed by atoms with Gasteiger partial charge in [-0.2, -0.15) is 0 Å². The van der Waals surface area contributed by atoms with Crippen molar-refractivity contribution in [2.45, 2.75) is 0 Å². The van der Waals surface area contributed by atoms with Crippen LogP contribution in [0.15, 0.2) is 59.6 Å². The first-order chi connectivity index (χ1) is 9.79. The molecule has 1 amide bonds. The van der Waals surface area contributed by atoms with Crippen LogP contribution in [-0.4, -0.2) is 25.5 Å². The van der Waals surface area contributed by atoms with E-state index < -0.39 is 0 Å². The number of aliphatic imine (C=N–C) groups is 1. The zero-order chi connectivity index (χ0) is 13.9. The first-order valence-electron chi connectivity index (χ1n) is 6.37. The highest BCUT2D eigenvalue weighted by molar-refractivity contribution is 6.13. The Morgan fingerprint density at radius 3 is 2.50 bits per heavy atom. The number of carbonyl (C=O) groups is 1. The molecular formula is C16H14N2O2. The molecule has 0 unspecified atom stereocenters. The van der Waals surface area contributed by atoms with E-state index in [4.69, 9.17) is 4.74 Å². The van der Waals surface area contributed by atoms with E-state index in [0.29, 0.717) is 23.7 Å². The Bertz CT molecular complexity index is 665. The lowest BCUT2D eigenvalue weighted by molar-refractivity contribution is 0.0991. The van der Waals surface area contributed by atoms with Crippen LogP contribution >= 0.6 is 0 Å². The van der Waals surface area contributed by atoms with Gasteiger partial charge in [-0.1, -0.05) is 30.3 Å². The maximum Gasteiger partial charge on any atom is 0.260 e. The second-order valence-electron chi connectivity index (χ2n) is 4.45. The number of amides is 1. The Kier molecular flexibility index (Phi) is 3.21. The predicted molar refractivity (Wildman–Crippen MR) is 78.7 cm³/mol. The van der Waals surface area contributed by atoms with Gasteiger partial charge in [-0.15, -0.1) is 0 Å². The van der Waals surface area contributed by atoms with Crippen LogP contribution in [0.3, 0.4) is 0 Å². The first kappa shape index (κ1) is 12.4. The summed E-state index contributed by atoms with van der Waals surface area (Å²) in [7, 11) is 1.57. The van der Waals surface area contributed by atoms with E-state index in [0.717, 1.165) is 5.69 Å². The van der Waals surface area contributed by atoms with Crippen LogP contribution in [0, 0.1) is 0 Å². The van der Waals surface area contributed by atoms with Crippen molar-refractivity contribution in [3.8, 4) is 0 Å². The molecule has 0 spiro atoms. The number of ether oxygens (including phenoxy) is 1. The second-order valence-corrected chi connectivity index (χ2v) is 4.45. The minimum atomic E-state index is -0.0670. The van der Waals surface area contributed by atoms with Gasteiger partial charge in [0.25, 0.3) is 5.91 Å². The molecule has 0 aliphatic carbocycles. The van der Waals surface area contributed by atoms with Crippen molar-refractivity contribution < 1.29 is 9.53 Å². The van der Waals surface area contributed by atoms with Gasteiger partial charge in [-0.25, -0.2) is 4.99 Å². The fraction of sp³-hybridized carbons (Fsp3) is 0.125. The second kappa shape index (κ2) is 5.17. The van der Waals surface area contributed by atoms with Gasteiger partial charge in [0.2, 0.25) is 5.90 Å². The van der Waals surface area contributed by atoms with Gasteiger partial charge in [-0.3, -0.25) is 9.69 Å². The molecule has 20 heavy (non-hydrogen) atoms. The standard InChI is InChI=1S/C16H14N2O2/c1-20-15-11-18(12-7-3-2-4-8-12)16(19)13-9-5-6-10-14(13)17-15/h2-10H,11H2,1H3. The molecule has 0 saturated heterocycles. The summed E-state index contributed by atoms with van der Waals surface area (Å²) in [5.41, 5.74) is 2.06. The van der Waals surface area contributed by atoms with Crippen molar-refractivity contribution in [3.63, 3.8) is 0 Å². The Labute approximate surface area is 117 Å². The van der Waals surface area contributed by atoms with Gasteiger partial charge >= 0.3 is 0 Å². The minimum Gasteiger partial charge on any atom is -0.483 e. The number of hydrogen-bond acceptors (Lipinski definition) is 3. The number of para-hydroxylation sites is 2. The lowest BCUT2D eigenvalue weighted by atomic mass is 10.1. The molecule has 100 valence electrons. The van der Waals surface area contributed by atoms with Crippen molar-refractivity contribution in [1.82, 2.24) is 0 Å². The molecule has 1 aliphatic rings. The largest absolute Gasteiger partial charge is 0.483 e. The van der Waals surface area contributed by atoms with E-state index in [1.807, 2.05) is 48.5 Å². The number of hydrogen-bond donors (Lipinski definition) is 0. The number of anilines is 1. The molecule has 0 atom stereocenters. The Morgan fingerprint density at radius 1 is 1.05 bits per heavy atom. The maximum absolute atomic E-state index is 12.7. The third kappa shape index (κ3) is 2.16. The molecule has 0 bridgehead atoms. The molecular weight excluding hydrogens is 252 g/mol. The van der Waals surface area contributed by atoms with Gasteiger partial charge in [0.15, 0.2) is 0 Å². The van der Waals surface area contributed by atoms with Crippen molar-refractivity contribution in [3.05, 3.63) is 60.2 Å². The summed E-state index contributed by atoms with van der Waals surface area (Å²) in [6.45, 7) is 0.327. The zero-order valence-corrected chi connectivity index (χ0v) is 11.1. The number of benzene rings is 2. The molecule has 0 radical (unpaired) electrons. The molecule has 1 aliphatic heterocycles. The number of carbonyl (C=O) groups excluding carboxylic acids is 1. The van der Waals surface area contributed by atoms with E-state index in [1.54, 1.807) is 18.1 Å². The lowest BCUT2D eigenvalue weighted by Gasteiger charge is -2.21. The number of rotatable bonds is 1. The van der Waals surface area contributed by atoms with Crippen LogP contribution in [0.25, 0.3) is 0 Å². The third-order valence-corrected chi connectivity index (χ3v) is 3.22. The highest BCUT2D eigenvalue weighted by Gasteiger charge is 2.25. The normalized spacial score (nSPS) is 14.3. The molecule has 3 rings (SSSR count). The highest BCUT2D eigenvalue weighted by atomic mass is 16.5. The van der Waals surface area contributed by atoms with Crippen molar-refractivity contribution >= 4 is 23.2 Å². The van der Waals surface area contributed by atoms with Crippen LogP contribution in [0.2, 0.25) is 0 Å². The molecule has 0 N–H and O–H groups in total. The monoisotopic (exact) mass is 266 g/mol. The van der Waals surface area contributed by atoms with Gasteiger partial charge in [-0.05, 0) is 24.3 Å².